The van der Waals surface area contributed by atoms with Gasteiger partial charge in [-0.15, -0.1) is 0 Å². The van der Waals surface area contributed by atoms with Gasteiger partial charge in [0.2, 0.25) is 10.0 Å². The minimum Gasteiger partial charge on any atom is -0.381 e. The molecular formula is C14H25N3O3S. The van der Waals surface area contributed by atoms with E-state index in [4.69, 9.17) is 10.5 Å². The molecular weight excluding hydrogens is 290 g/mol. The molecule has 1 atom stereocenters. The summed E-state index contributed by atoms with van der Waals surface area (Å²) in [6.45, 7) is 5.16. The third kappa shape index (κ3) is 4.29. The van der Waals surface area contributed by atoms with Gasteiger partial charge in [0.05, 0.1) is 4.90 Å². The summed E-state index contributed by atoms with van der Waals surface area (Å²) in [5.74, 6) is 0.469. The lowest BCUT2D eigenvalue weighted by Crippen LogP contribution is -2.26. The van der Waals surface area contributed by atoms with Gasteiger partial charge in [0.15, 0.2) is 0 Å². The molecule has 0 bridgehead atoms. The number of aromatic nitrogens is 1. The quantitative estimate of drug-likeness (QED) is 0.751. The maximum atomic E-state index is 12.3. The molecule has 0 aromatic carbocycles. The third-order valence-electron chi connectivity index (χ3n) is 3.81. The number of nitrogens with zero attached hydrogens (tertiary/aromatic N) is 1. The summed E-state index contributed by atoms with van der Waals surface area (Å²) in [4.78, 5) is 0.305. The first-order valence-corrected chi connectivity index (χ1v) is 9.01. The van der Waals surface area contributed by atoms with Gasteiger partial charge < -0.3 is 15.0 Å². The molecule has 2 heterocycles. The molecule has 0 amide bonds. The zero-order valence-corrected chi connectivity index (χ0v) is 13.4. The van der Waals surface area contributed by atoms with Crippen LogP contribution >= 0.6 is 0 Å². The molecule has 1 aromatic heterocycles. The van der Waals surface area contributed by atoms with Crippen LogP contribution in [0.4, 0.5) is 0 Å². The van der Waals surface area contributed by atoms with Gasteiger partial charge in [0.25, 0.3) is 0 Å². The summed E-state index contributed by atoms with van der Waals surface area (Å²) in [5, 5.41) is 0. The summed E-state index contributed by atoms with van der Waals surface area (Å²) in [6, 6.07) is 1.66. The van der Waals surface area contributed by atoms with Crippen molar-refractivity contribution in [3.8, 4) is 0 Å². The summed E-state index contributed by atoms with van der Waals surface area (Å²) in [6.07, 6.45) is 4.45. The Hall–Kier alpha value is -0.890. The largest absolute Gasteiger partial charge is 0.381 e. The monoisotopic (exact) mass is 315 g/mol. The van der Waals surface area contributed by atoms with Crippen molar-refractivity contribution in [2.75, 3.05) is 19.8 Å². The molecule has 1 aliphatic heterocycles. The van der Waals surface area contributed by atoms with Crippen LogP contribution in [0.15, 0.2) is 17.2 Å². The zero-order valence-electron chi connectivity index (χ0n) is 12.5. The lowest BCUT2D eigenvalue weighted by atomic mass is 10.1. The van der Waals surface area contributed by atoms with Crippen molar-refractivity contribution in [1.29, 1.82) is 0 Å². The average Bonchev–Trinajstić information content (AvgIpc) is 3.08. The molecule has 2 rings (SSSR count). The van der Waals surface area contributed by atoms with Crippen molar-refractivity contribution in [3.63, 3.8) is 0 Å². The molecule has 1 saturated heterocycles. The Morgan fingerprint density at radius 3 is 2.95 bits per heavy atom. The van der Waals surface area contributed by atoms with Crippen molar-refractivity contribution in [1.82, 2.24) is 9.29 Å². The molecule has 0 radical (unpaired) electrons. The van der Waals surface area contributed by atoms with Crippen LogP contribution in [-0.2, 0) is 27.8 Å². The molecule has 120 valence electrons. The molecule has 1 aromatic rings. The molecule has 0 aliphatic carbocycles. The van der Waals surface area contributed by atoms with Gasteiger partial charge >= 0.3 is 0 Å². The third-order valence-corrected chi connectivity index (χ3v) is 5.24. The van der Waals surface area contributed by atoms with E-state index in [0.29, 0.717) is 23.9 Å². The maximum Gasteiger partial charge on any atom is 0.242 e. The number of nitrogens with two attached hydrogens (primary N) is 1. The van der Waals surface area contributed by atoms with E-state index in [1.54, 1.807) is 12.3 Å². The highest BCUT2D eigenvalue weighted by atomic mass is 32.2. The molecule has 0 spiro atoms. The number of sulfonamides is 1. The van der Waals surface area contributed by atoms with Gasteiger partial charge in [-0.25, -0.2) is 13.1 Å². The summed E-state index contributed by atoms with van der Waals surface area (Å²) in [5.41, 5.74) is 6.52. The SMILES string of the molecule is CCCn1cc(S(=O)(=O)NCCC2CCOC2)cc1CN. The van der Waals surface area contributed by atoms with Gasteiger partial charge in [0.1, 0.15) is 0 Å². The van der Waals surface area contributed by atoms with Crippen LogP contribution in [0.1, 0.15) is 31.9 Å². The van der Waals surface area contributed by atoms with Crippen LogP contribution in [0.2, 0.25) is 0 Å². The molecule has 7 heteroatoms. The minimum atomic E-state index is -3.45. The summed E-state index contributed by atoms with van der Waals surface area (Å²) < 4.78 is 34.5. The Bertz CT molecular complexity index is 548. The fourth-order valence-electron chi connectivity index (χ4n) is 2.58. The zero-order chi connectivity index (χ0) is 15.3. The van der Waals surface area contributed by atoms with E-state index in [1.807, 2.05) is 4.57 Å². The second kappa shape index (κ2) is 7.40. The van der Waals surface area contributed by atoms with E-state index in [9.17, 15) is 8.42 Å². The highest BCUT2D eigenvalue weighted by molar-refractivity contribution is 7.89. The number of ether oxygens (including phenoxy) is 1. The average molecular weight is 315 g/mol. The second-order valence-electron chi connectivity index (χ2n) is 5.48. The van der Waals surface area contributed by atoms with Crippen LogP contribution in [0, 0.1) is 5.92 Å². The Kier molecular flexibility index (Phi) is 5.80. The lowest BCUT2D eigenvalue weighted by molar-refractivity contribution is 0.184. The second-order valence-corrected chi connectivity index (χ2v) is 7.25. The Labute approximate surface area is 126 Å². The van der Waals surface area contributed by atoms with Crippen molar-refractivity contribution < 1.29 is 13.2 Å². The smallest absolute Gasteiger partial charge is 0.242 e. The Morgan fingerprint density at radius 1 is 1.52 bits per heavy atom. The van der Waals surface area contributed by atoms with Crippen molar-refractivity contribution in [3.05, 3.63) is 18.0 Å². The fourth-order valence-corrected chi connectivity index (χ4v) is 3.70. The van der Waals surface area contributed by atoms with Gasteiger partial charge in [-0.3, -0.25) is 0 Å². The normalized spacial score (nSPS) is 19.2. The number of hydrogen-bond acceptors (Lipinski definition) is 4. The van der Waals surface area contributed by atoms with E-state index in [2.05, 4.69) is 11.6 Å². The molecule has 6 nitrogen and oxygen atoms in total. The predicted molar refractivity (Wildman–Crippen MR) is 81.3 cm³/mol. The Morgan fingerprint density at radius 2 is 2.33 bits per heavy atom. The lowest BCUT2D eigenvalue weighted by Gasteiger charge is -2.08. The fraction of sp³-hybridized carbons (Fsp3) is 0.714. The summed E-state index contributed by atoms with van der Waals surface area (Å²) in [7, 11) is -3.45. The first kappa shape index (κ1) is 16.5. The van der Waals surface area contributed by atoms with Crippen molar-refractivity contribution in [2.24, 2.45) is 11.7 Å². The first-order valence-electron chi connectivity index (χ1n) is 7.53. The van der Waals surface area contributed by atoms with Crippen molar-refractivity contribution >= 4 is 10.0 Å². The van der Waals surface area contributed by atoms with E-state index in [1.165, 1.54) is 0 Å². The van der Waals surface area contributed by atoms with E-state index < -0.39 is 10.0 Å². The van der Waals surface area contributed by atoms with E-state index >= 15 is 0 Å². The highest BCUT2D eigenvalue weighted by Crippen LogP contribution is 2.17. The van der Waals surface area contributed by atoms with Gasteiger partial charge in [-0.2, -0.15) is 0 Å². The number of nitrogens with one attached hydrogen (secondary N) is 1. The van der Waals surface area contributed by atoms with Crippen LogP contribution in [-0.4, -0.2) is 32.7 Å². The van der Waals surface area contributed by atoms with Crippen LogP contribution in [0.3, 0.4) is 0 Å². The first-order chi connectivity index (χ1) is 10.1. The van der Waals surface area contributed by atoms with E-state index in [-0.39, 0.29) is 0 Å². The van der Waals surface area contributed by atoms with E-state index in [0.717, 1.165) is 44.7 Å². The standard InChI is InChI=1S/C14H25N3O3S/c1-2-6-17-10-14(8-13(17)9-15)21(18,19)16-5-3-12-4-7-20-11-12/h8,10,12,16H,2-7,9,11,15H2,1H3. The van der Waals surface area contributed by atoms with Crippen LogP contribution < -0.4 is 10.5 Å². The van der Waals surface area contributed by atoms with Gasteiger partial charge in [-0.1, -0.05) is 6.92 Å². The molecule has 1 unspecified atom stereocenters. The molecule has 1 aliphatic rings. The summed E-state index contributed by atoms with van der Waals surface area (Å²) >= 11 is 0. The number of aryl methyl sites for hydroxylation is 1. The molecule has 21 heavy (non-hydrogen) atoms. The topological polar surface area (TPSA) is 86.3 Å². The van der Waals surface area contributed by atoms with Crippen LogP contribution in [0.25, 0.3) is 0 Å². The van der Waals surface area contributed by atoms with Crippen LogP contribution in [0.5, 0.6) is 0 Å². The highest BCUT2D eigenvalue weighted by Gasteiger charge is 2.20. The molecule has 1 fully saturated rings. The van der Waals surface area contributed by atoms with Gasteiger partial charge in [-0.05, 0) is 31.2 Å². The molecule has 0 saturated carbocycles. The predicted octanol–water partition coefficient (Wildman–Crippen LogP) is 1.06. The Balaban J connectivity index is 1.97. The number of hydrogen-bond donors (Lipinski definition) is 2. The number of rotatable bonds is 8. The van der Waals surface area contributed by atoms with Gasteiger partial charge in [0, 0.05) is 44.7 Å². The minimum absolute atomic E-state index is 0.305. The maximum absolute atomic E-state index is 12.3. The van der Waals surface area contributed by atoms with Crippen molar-refractivity contribution in [2.45, 2.75) is 44.2 Å². The molecule has 3 N–H and O–H groups in total.